The summed E-state index contributed by atoms with van der Waals surface area (Å²) in [6.45, 7) is 0. The molecule has 2 heteroatoms. The van der Waals surface area contributed by atoms with Crippen molar-refractivity contribution in [3.05, 3.63) is 336 Å². The van der Waals surface area contributed by atoms with E-state index in [9.17, 15) is 0 Å². The molecule has 18 rings (SSSR count). The zero-order chi connectivity index (χ0) is 53.7. The number of hydrogen-bond acceptors (Lipinski definition) is 2. The maximum absolute atomic E-state index is 6.78. The molecule has 14 aromatic carbocycles. The van der Waals surface area contributed by atoms with E-state index in [1.165, 1.54) is 121 Å². The molecule has 0 saturated carbocycles. The van der Waals surface area contributed by atoms with Crippen molar-refractivity contribution in [3.63, 3.8) is 0 Å². The first-order valence-corrected chi connectivity index (χ1v) is 28.5. The lowest BCUT2D eigenvalue weighted by Crippen LogP contribution is -2.32. The predicted octanol–water partition coefficient (Wildman–Crippen LogP) is 20.8. The van der Waals surface area contributed by atoms with E-state index in [1.54, 1.807) is 0 Å². The van der Waals surface area contributed by atoms with Gasteiger partial charge in [0.15, 0.2) is 0 Å². The Morgan fingerprint density at radius 1 is 0.195 bits per heavy atom. The van der Waals surface area contributed by atoms with Gasteiger partial charge in [-0.15, -0.1) is 0 Å². The van der Waals surface area contributed by atoms with Crippen molar-refractivity contribution in [1.82, 2.24) is 0 Å². The highest BCUT2D eigenvalue weighted by molar-refractivity contribution is 6.21. The predicted molar refractivity (Wildman–Crippen MR) is 335 cm³/mol. The molecular formula is C80H48O2. The van der Waals surface area contributed by atoms with Gasteiger partial charge in [-0.05, 0) is 164 Å². The maximum atomic E-state index is 6.78. The summed E-state index contributed by atoms with van der Waals surface area (Å²) in [5.74, 6) is 3.55. The van der Waals surface area contributed by atoms with Crippen LogP contribution in [0.2, 0.25) is 0 Å². The van der Waals surface area contributed by atoms with E-state index in [-0.39, 0.29) is 0 Å². The van der Waals surface area contributed by atoms with Crippen LogP contribution in [0.3, 0.4) is 0 Å². The van der Waals surface area contributed by atoms with Crippen LogP contribution < -0.4 is 9.47 Å². The van der Waals surface area contributed by atoms with Crippen molar-refractivity contribution >= 4 is 32.3 Å². The van der Waals surface area contributed by atoms with Gasteiger partial charge in [0.25, 0.3) is 0 Å². The number of para-hydroxylation sites is 4. The van der Waals surface area contributed by atoms with Crippen molar-refractivity contribution in [3.8, 4) is 89.8 Å². The minimum atomic E-state index is -0.602. The third-order valence-corrected chi connectivity index (χ3v) is 18.6. The molecular weight excluding hydrogens is 993 g/mol. The Hall–Kier alpha value is -10.5. The van der Waals surface area contributed by atoms with Crippen molar-refractivity contribution in [2.45, 2.75) is 10.8 Å². The minimum Gasteiger partial charge on any atom is -0.457 e. The summed E-state index contributed by atoms with van der Waals surface area (Å²) in [6.07, 6.45) is 0. The second-order valence-corrected chi connectivity index (χ2v) is 22.4. The van der Waals surface area contributed by atoms with Gasteiger partial charge >= 0.3 is 0 Å². The summed E-state index contributed by atoms with van der Waals surface area (Å²) in [6, 6.07) is 108. The topological polar surface area (TPSA) is 18.5 Å². The molecule has 2 aliphatic heterocycles. The fourth-order valence-corrected chi connectivity index (χ4v) is 15.5. The second-order valence-electron chi connectivity index (χ2n) is 22.4. The molecule has 0 atom stereocenters. The van der Waals surface area contributed by atoms with Gasteiger partial charge in [-0.2, -0.15) is 0 Å². The van der Waals surface area contributed by atoms with Gasteiger partial charge in [0.2, 0.25) is 0 Å². The molecule has 14 aromatic rings. The Kier molecular flexibility index (Phi) is 9.39. The van der Waals surface area contributed by atoms with Crippen molar-refractivity contribution < 1.29 is 9.47 Å². The molecule has 0 unspecified atom stereocenters. The first-order valence-electron chi connectivity index (χ1n) is 28.5. The summed E-state index contributed by atoms with van der Waals surface area (Å²) in [5, 5.41) is 7.24. The van der Waals surface area contributed by atoms with Crippen LogP contribution in [0.5, 0.6) is 23.0 Å². The van der Waals surface area contributed by atoms with Gasteiger partial charge in [0.1, 0.15) is 23.0 Å². The Labute approximate surface area is 475 Å². The average molecular weight is 1040 g/mol. The van der Waals surface area contributed by atoms with Crippen LogP contribution in [-0.2, 0) is 10.8 Å². The van der Waals surface area contributed by atoms with Crippen molar-refractivity contribution in [2.24, 2.45) is 0 Å². The summed E-state index contributed by atoms with van der Waals surface area (Å²) in [4.78, 5) is 0. The molecule has 0 bridgehead atoms. The largest absolute Gasteiger partial charge is 0.457 e. The number of hydrogen-bond donors (Lipinski definition) is 0. The highest BCUT2D eigenvalue weighted by atomic mass is 16.5. The molecule has 0 fully saturated rings. The molecule has 0 saturated heterocycles. The van der Waals surface area contributed by atoms with E-state index >= 15 is 0 Å². The number of benzene rings is 14. The van der Waals surface area contributed by atoms with E-state index in [4.69, 9.17) is 9.47 Å². The van der Waals surface area contributed by atoms with Crippen LogP contribution in [0.4, 0.5) is 0 Å². The Morgan fingerprint density at radius 3 is 1.06 bits per heavy atom. The second kappa shape index (κ2) is 17.0. The molecule has 2 spiro atoms. The highest BCUT2D eigenvalue weighted by Gasteiger charge is 2.53. The summed E-state index contributed by atoms with van der Waals surface area (Å²) in [7, 11) is 0. The fraction of sp³-hybridized carbons (Fsp3) is 0.0250. The first-order chi connectivity index (χ1) is 40.7. The molecule has 380 valence electrons. The standard InChI is InChI=1S/C80H48O2/c1-2-22-49(23-3-1)61-47-51(46-50-24-4-5-25-52(50)61)76-57-30-18-28-53(55-32-20-40-70-77(55)59-26-6-8-34-64(59)79(70)66-36-10-14-42-72(66)81-73-43-15-11-37-67(73)79)62(57)48-63-54(29-19-31-58(63)76)56-33-21-41-71-78(56)60-27-7-9-35-65(60)80(71)68-38-12-16-44-74(68)82-75-45-17-13-39-69(75)80/h1-48H. The molecule has 0 radical (unpaired) electrons. The third kappa shape index (κ3) is 5.92. The van der Waals surface area contributed by atoms with Crippen LogP contribution in [0, 0.1) is 0 Å². The van der Waals surface area contributed by atoms with Crippen LogP contribution in [0.1, 0.15) is 44.5 Å². The SMILES string of the molecule is c1ccc(-c2cc(-c3c4cccc(-c5cccc6c5-c5ccccc5C65c6ccccc6Oc6ccccc65)c4cc4c(-c5cccc6c5-c5ccccc5C65c6ccccc6Oc6ccccc65)cccc34)cc3ccccc23)cc1. The monoisotopic (exact) mass is 1040 g/mol. The van der Waals surface area contributed by atoms with Crippen LogP contribution >= 0.6 is 0 Å². The Morgan fingerprint density at radius 2 is 0.561 bits per heavy atom. The molecule has 82 heavy (non-hydrogen) atoms. The van der Waals surface area contributed by atoms with Gasteiger partial charge in [0, 0.05) is 22.3 Å². The van der Waals surface area contributed by atoms with E-state index in [2.05, 4.69) is 291 Å². The van der Waals surface area contributed by atoms with E-state index in [1.807, 2.05) is 0 Å². The smallest absolute Gasteiger partial charge is 0.132 e. The Balaban J connectivity index is 0.960. The number of ether oxygens (including phenoxy) is 2. The van der Waals surface area contributed by atoms with Crippen LogP contribution in [0.15, 0.2) is 291 Å². The van der Waals surface area contributed by atoms with E-state index in [0.717, 1.165) is 45.3 Å². The summed E-state index contributed by atoms with van der Waals surface area (Å²) >= 11 is 0. The van der Waals surface area contributed by atoms with Crippen LogP contribution in [0.25, 0.3) is 99.1 Å². The van der Waals surface area contributed by atoms with Crippen LogP contribution in [-0.4, -0.2) is 0 Å². The quantitative estimate of drug-likeness (QED) is 0.164. The zero-order valence-electron chi connectivity index (χ0n) is 44.5. The third-order valence-electron chi connectivity index (χ3n) is 18.6. The lowest BCUT2D eigenvalue weighted by molar-refractivity contribution is 0.436. The van der Waals surface area contributed by atoms with Crippen molar-refractivity contribution in [2.75, 3.05) is 0 Å². The summed E-state index contributed by atoms with van der Waals surface area (Å²) < 4.78 is 13.6. The molecule has 0 amide bonds. The van der Waals surface area contributed by atoms with Gasteiger partial charge in [-0.3, -0.25) is 0 Å². The average Bonchev–Trinajstić information content (AvgIpc) is 2.17. The lowest BCUT2D eigenvalue weighted by atomic mass is 9.66. The highest BCUT2D eigenvalue weighted by Crippen LogP contribution is 2.66. The maximum Gasteiger partial charge on any atom is 0.132 e. The number of fused-ring (bicyclic) bond motifs is 21. The van der Waals surface area contributed by atoms with Gasteiger partial charge < -0.3 is 9.47 Å². The van der Waals surface area contributed by atoms with Gasteiger partial charge in [-0.25, -0.2) is 0 Å². The Bertz CT molecular complexity index is 4720. The van der Waals surface area contributed by atoms with Gasteiger partial charge in [-0.1, -0.05) is 249 Å². The number of rotatable bonds is 4. The first kappa shape index (κ1) is 45.3. The molecule has 2 aliphatic carbocycles. The normalized spacial score (nSPS) is 14.0. The summed E-state index contributed by atoms with van der Waals surface area (Å²) in [5.41, 5.74) is 23.1. The fourth-order valence-electron chi connectivity index (χ4n) is 15.5. The lowest BCUT2D eigenvalue weighted by Gasteiger charge is -2.39. The molecule has 0 aromatic heterocycles. The molecule has 4 aliphatic rings. The minimum absolute atomic E-state index is 0.602. The van der Waals surface area contributed by atoms with E-state index in [0.29, 0.717) is 0 Å². The zero-order valence-corrected chi connectivity index (χ0v) is 44.5. The molecule has 2 nitrogen and oxygen atoms in total. The van der Waals surface area contributed by atoms with Crippen molar-refractivity contribution in [1.29, 1.82) is 0 Å². The molecule has 2 heterocycles. The molecule has 0 N–H and O–H groups in total. The van der Waals surface area contributed by atoms with E-state index < -0.39 is 10.8 Å². The van der Waals surface area contributed by atoms with Gasteiger partial charge in [0.05, 0.1) is 10.8 Å².